The quantitative estimate of drug-likeness (QED) is 0.212. The van der Waals surface area contributed by atoms with Gasteiger partial charge in [-0.2, -0.15) is 18.2 Å². The van der Waals surface area contributed by atoms with Crippen molar-refractivity contribution in [3.05, 3.63) is 82.7 Å². The highest BCUT2D eigenvalue weighted by atomic mass is 19.4. The van der Waals surface area contributed by atoms with Gasteiger partial charge in [0.05, 0.1) is 25.7 Å². The molecule has 2 atom stereocenters. The summed E-state index contributed by atoms with van der Waals surface area (Å²) in [5, 5.41) is 4.04. The Morgan fingerprint density at radius 3 is 2.50 bits per heavy atom. The predicted molar refractivity (Wildman–Crippen MR) is 145 cm³/mol. The maximum absolute atomic E-state index is 14.2. The van der Waals surface area contributed by atoms with Crippen LogP contribution in [0, 0.1) is 0 Å². The fourth-order valence-electron chi connectivity index (χ4n) is 5.94. The van der Waals surface area contributed by atoms with Crippen molar-refractivity contribution >= 4 is 5.97 Å². The number of esters is 1. The average Bonchev–Trinajstić information content (AvgIpc) is 3.38. The molecule has 4 aromatic rings. The van der Waals surface area contributed by atoms with Crippen LogP contribution in [0.2, 0.25) is 0 Å². The number of methoxy groups -OCH3 is 1. The number of rotatable bonds is 7. The number of hydrogen-bond donors (Lipinski definition) is 0. The Hall–Kier alpha value is -4.34. The first-order chi connectivity index (χ1) is 20.3. The van der Waals surface area contributed by atoms with Crippen molar-refractivity contribution in [1.82, 2.24) is 10.1 Å². The van der Waals surface area contributed by atoms with E-state index in [-0.39, 0.29) is 23.9 Å². The molecule has 0 saturated heterocycles. The van der Waals surface area contributed by atoms with Gasteiger partial charge in [0.1, 0.15) is 17.6 Å². The van der Waals surface area contributed by atoms with Gasteiger partial charge in [-0.1, -0.05) is 41.6 Å². The Bertz CT molecular complexity index is 1660. The van der Waals surface area contributed by atoms with Crippen molar-refractivity contribution < 1.29 is 36.7 Å². The molecule has 2 aliphatic carbocycles. The second-order valence-corrected chi connectivity index (χ2v) is 11.0. The SMILES string of the molecule is COC(=O)CC1COc2cc(O[C@@H]3CCc4c3ccc(C(F)(F)F)c4-c3ccc(-c4noc(C5CC5)n4)cc3)ccc21. The van der Waals surface area contributed by atoms with E-state index >= 15 is 0 Å². The Morgan fingerprint density at radius 1 is 1.00 bits per heavy atom. The van der Waals surface area contributed by atoms with Crippen LogP contribution in [0.25, 0.3) is 22.5 Å². The van der Waals surface area contributed by atoms with Crippen molar-refractivity contribution in [2.75, 3.05) is 13.7 Å². The molecule has 0 spiro atoms. The van der Waals surface area contributed by atoms with Crippen LogP contribution in [0.1, 0.15) is 71.8 Å². The highest BCUT2D eigenvalue weighted by Gasteiger charge is 2.38. The zero-order chi connectivity index (χ0) is 29.0. The van der Waals surface area contributed by atoms with Gasteiger partial charge in [0, 0.05) is 29.0 Å². The Balaban J connectivity index is 1.17. The normalized spacial score (nSPS) is 19.2. The molecular weight excluding hydrogens is 549 g/mol. The molecule has 216 valence electrons. The summed E-state index contributed by atoms with van der Waals surface area (Å²) in [5.41, 5.74) is 2.93. The van der Waals surface area contributed by atoms with Gasteiger partial charge in [-0.25, -0.2) is 0 Å². The maximum Gasteiger partial charge on any atom is 0.417 e. The van der Waals surface area contributed by atoms with Gasteiger partial charge in [0.2, 0.25) is 11.7 Å². The summed E-state index contributed by atoms with van der Waals surface area (Å²) in [6.45, 7) is 0.372. The zero-order valence-electron chi connectivity index (χ0n) is 22.7. The predicted octanol–water partition coefficient (Wildman–Crippen LogP) is 7.41. The van der Waals surface area contributed by atoms with Crippen LogP contribution in [0.4, 0.5) is 13.2 Å². The van der Waals surface area contributed by atoms with E-state index in [0.717, 1.165) is 30.0 Å². The van der Waals surface area contributed by atoms with E-state index in [2.05, 4.69) is 10.1 Å². The fraction of sp³-hybridized carbons (Fsp3) is 0.344. The number of hydrogen-bond acceptors (Lipinski definition) is 7. The summed E-state index contributed by atoms with van der Waals surface area (Å²) in [6.07, 6.45) is -1.67. The van der Waals surface area contributed by atoms with Crippen molar-refractivity contribution in [3.63, 3.8) is 0 Å². The topological polar surface area (TPSA) is 83.7 Å². The molecule has 1 aromatic heterocycles. The van der Waals surface area contributed by atoms with Crippen LogP contribution >= 0.6 is 0 Å². The summed E-state index contributed by atoms with van der Waals surface area (Å²) < 4.78 is 64.9. The molecule has 3 aliphatic rings. The van der Waals surface area contributed by atoms with Gasteiger partial charge in [0.15, 0.2) is 0 Å². The minimum Gasteiger partial charge on any atom is -0.492 e. The Kier molecular flexibility index (Phi) is 6.44. The number of carbonyl (C=O) groups is 1. The summed E-state index contributed by atoms with van der Waals surface area (Å²) >= 11 is 0. The molecule has 7 rings (SSSR count). The standard InChI is InChI=1S/C32H27F3N2O5/c1-39-28(38)14-20-16-40-27-15-21(8-9-22(20)27)41-26-13-11-24-23(26)10-12-25(32(33,34)35)29(24)17-2-4-18(5-3-17)30-36-31(42-37-30)19-6-7-19/h2-5,8-10,12,15,19-20,26H,6-7,11,13-14,16H2,1H3/t20?,26-/m1/s1. The first-order valence-electron chi connectivity index (χ1n) is 14.0. The Morgan fingerprint density at radius 2 is 1.76 bits per heavy atom. The highest BCUT2D eigenvalue weighted by Crippen LogP contribution is 2.47. The third-order valence-corrected chi connectivity index (χ3v) is 8.24. The second-order valence-electron chi connectivity index (χ2n) is 11.0. The molecular formula is C32H27F3N2O5. The molecule has 1 saturated carbocycles. The van der Waals surface area contributed by atoms with Gasteiger partial charge >= 0.3 is 12.1 Å². The van der Waals surface area contributed by atoms with E-state index in [1.807, 2.05) is 12.1 Å². The van der Waals surface area contributed by atoms with Crippen LogP contribution in [-0.2, 0) is 22.1 Å². The molecule has 0 N–H and O–H groups in total. The molecule has 42 heavy (non-hydrogen) atoms. The number of carbonyl (C=O) groups excluding carboxylic acids is 1. The molecule has 1 aliphatic heterocycles. The van der Waals surface area contributed by atoms with Crippen LogP contribution in [0.3, 0.4) is 0 Å². The lowest BCUT2D eigenvalue weighted by Crippen LogP contribution is -2.10. The molecule has 0 amide bonds. The van der Waals surface area contributed by atoms with Crippen molar-refractivity contribution in [2.45, 2.75) is 56.2 Å². The summed E-state index contributed by atoms with van der Waals surface area (Å²) in [5.74, 6) is 2.15. The van der Waals surface area contributed by atoms with Gasteiger partial charge in [-0.15, -0.1) is 0 Å². The van der Waals surface area contributed by atoms with Crippen molar-refractivity contribution in [3.8, 4) is 34.0 Å². The fourth-order valence-corrected chi connectivity index (χ4v) is 5.94. The zero-order valence-corrected chi connectivity index (χ0v) is 22.7. The lowest BCUT2D eigenvalue weighted by Gasteiger charge is -2.20. The van der Waals surface area contributed by atoms with Gasteiger partial charge in [-0.05, 0) is 60.1 Å². The van der Waals surface area contributed by atoms with E-state index in [1.165, 1.54) is 13.2 Å². The lowest BCUT2D eigenvalue weighted by atomic mass is 9.91. The number of aromatic nitrogens is 2. The third-order valence-electron chi connectivity index (χ3n) is 8.24. The van der Waals surface area contributed by atoms with Crippen molar-refractivity contribution in [1.29, 1.82) is 0 Å². The van der Waals surface area contributed by atoms with Crippen LogP contribution in [0.15, 0.2) is 59.1 Å². The molecule has 10 heteroatoms. The first-order valence-corrected chi connectivity index (χ1v) is 14.0. The van der Waals surface area contributed by atoms with Gasteiger partial charge < -0.3 is 18.7 Å². The average molecular weight is 577 g/mol. The number of fused-ring (bicyclic) bond motifs is 2. The minimum atomic E-state index is -4.52. The van der Waals surface area contributed by atoms with Gasteiger partial charge in [-0.3, -0.25) is 4.79 Å². The van der Waals surface area contributed by atoms with Crippen LogP contribution in [-0.4, -0.2) is 29.8 Å². The lowest BCUT2D eigenvalue weighted by molar-refractivity contribution is -0.141. The number of benzene rings is 3. The second kappa shape index (κ2) is 10.2. The van der Waals surface area contributed by atoms with E-state index in [9.17, 15) is 18.0 Å². The largest absolute Gasteiger partial charge is 0.492 e. The van der Waals surface area contributed by atoms with E-state index in [1.54, 1.807) is 30.3 Å². The number of ether oxygens (including phenoxy) is 3. The van der Waals surface area contributed by atoms with Crippen LogP contribution < -0.4 is 9.47 Å². The maximum atomic E-state index is 14.2. The molecule has 1 unspecified atom stereocenters. The molecule has 3 aromatic carbocycles. The van der Waals surface area contributed by atoms with E-state index in [4.69, 9.17) is 18.7 Å². The minimum absolute atomic E-state index is 0.0937. The van der Waals surface area contributed by atoms with Crippen LogP contribution in [0.5, 0.6) is 11.5 Å². The van der Waals surface area contributed by atoms with Crippen molar-refractivity contribution in [2.24, 2.45) is 0 Å². The highest BCUT2D eigenvalue weighted by molar-refractivity contribution is 5.76. The first kappa shape index (κ1) is 26.6. The number of nitrogens with zero attached hydrogens (tertiary/aromatic N) is 2. The van der Waals surface area contributed by atoms with E-state index in [0.29, 0.717) is 65.3 Å². The summed E-state index contributed by atoms with van der Waals surface area (Å²) in [7, 11) is 1.36. The molecule has 1 fully saturated rings. The Labute approximate surface area is 239 Å². The monoisotopic (exact) mass is 576 g/mol. The molecule has 0 bridgehead atoms. The summed E-state index contributed by atoms with van der Waals surface area (Å²) in [6, 6.07) is 15.0. The number of alkyl halides is 3. The number of halogens is 3. The molecule has 7 nitrogen and oxygen atoms in total. The summed E-state index contributed by atoms with van der Waals surface area (Å²) in [4.78, 5) is 16.2. The van der Waals surface area contributed by atoms with Gasteiger partial charge in [0.25, 0.3) is 0 Å². The molecule has 2 heterocycles. The smallest absolute Gasteiger partial charge is 0.417 e. The molecule has 0 radical (unpaired) electrons. The third kappa shape index (κ3) is 4.88. The van der Waals surface area contributed by atoms with E-state index < -0.39 is 17.8 Å².